The van der Waals surface area contributed by atoms with Crippen molar-refractivity contribution in [2.24, 2.45) is 5.92 Å². The van der Waals surface area contributed by atoms with Crippen LogP contribution in [0.25, 0.3) is 0 Å². The summed E-state index contributed by atoms with van der Waals surface area (Å²) in [5.74, 6) is -0.458. The lowest BCUT2D eigenvalue weighted by atomic mass is 9.74. The molecule has 0 radical (unpaired) electrons. The molecule has 2 saturated heterocycles. The zero-order valence-electron chi connectivity index (χ0n) is 18.4. The number of carbonyl (C=O) groups is 1. The minimum atomic E-state index is -1.10. The molecular weight excluding hydrogens is 428 g/mol. The van der Waals surface area contributed by atoms with Crippen LogP contribution in [0.15, 0.2) is 30.7 Å². The lowest BCUT2D eigenvalue weighted by Gasteiger charge is -2.44. The third kappa shape index (κ3) is 3.72. The van der Waals surface area contributed by atoms with Crippen LogP contribution >= 0.6 is 0 Å². The maximum Gasteiger partial charge on any atom is 0.248 e. The Morgan fingerprint density at radius 1 is 1.24 bits per heavy atom. The molecule has 2 unspecified atom stereocenters. The SMILES string of the molecule is C[C@H]1CC2CN(C(=O)COC3(c4c(F)cncc4F)CCC3)CC1N2c1ccc(C#N)cn1. The molecule has 9 heteroatoms. The number of pyridine rings is 2. The Morgan fingerprint density at radius 2 is 2.00 bits per heavy atom. The van der Waals surface area contributed by atoms with Gasteiger partial charge < -0.3 is 14.5 Å². The molecule has 2 aliphatic heterocycles. The molecule has 0 N–H and O–H groups in total. The zero-order valence-corrected chi connectivity index (χ0v) is 18.4. The van der Waals surface area contributed by atoms with Crippen molar-refractivity contribution in [3.05, 3.63) is 53.5 Å². The average Bonchev–Trinajstić information content (AvgIpc) is 2.98. The zero-order chi connectivity index (χ0) is 23.2. The summed E-state index contributed by atoms with van der Waals surface area (Å²) in [6.07, 6.45) is 6.21. The number of hydrogen-bond acceptors (Lipinski definition) is 6. The van der Waals surface area contributed by atoms with Crippen molar-refractivity contribution in [2.75, 3.05) is 24.6 Å². The number of piperazine rings is 1. The summed E-state index contributed by atoms with van der Waals surface area (Å²) >= 11 is 0. The van der Waals surface area contributed by atoms with Gasteiger partial charge in [-0.25, -0.2) is 13.8 Å². The van der Waals surface area contributed by atoms with Crippen LogP contribution in [0.2, 0.25) is 0 Å². The standard InChI is InChI=1S/C24H25F2N5O2/c1-15-7-17-12-30(13-20(15)31(17)21-4-3-16(8-27)9-29-21)22(32)14-33-24(5-2-6-24)23-18(25)10-28-11-19(23)26/h3-4,9-11,15,17,20H,2,5-7,12-14H2,1H3/t15-,17?,20?/m0/s1. The van der Waals surface area contributed by atoms with Crippen molar-refractivity contribution in [2.45, 2.75) is 50.3 Å². The summed E-state index contributed by atoms with van der Waals surface area (Å²) in [7, 11) is 0. The van der Waals surface area contributed by atoms with Gasteiger partial charge in [0.25, 0.3) is 0 Å². The van der Waals surface area contributed by atoms with Gasteiger partial charge >= 0.3 is 0 Å². The normalized spacial score (nSPS) is 25.5. The van der Waals surface area contributed by atoms with Crippen molar-refractivity contribution < 1.29 is 18.3 Å². The minimum Gasteiger partial charge on any atom is -0.360 e. The van der Waals surface area contributed by atoms with Crippen molar-refractivity contribution in [3.8, 4) is 6.07 Å². The number of aromatic nitrogens is 2. The topological polar surface area (TPSA) is 82.4 Å². The van der Waals surface area contributed by atoms with Crippen LogP contribution in [0.5, 0.6) is 0 Å². The number of carbonyl (C=O) groups excluding carboxylic acids is 1. The molecule has 1 amide bonds. The van der Waals surface area contributed by atoms with Crippen LogP contribution in [0.1, 0.15) is 43.7 Å². The Labute approximate surface area is 191 Å². The highest BCUT2D eigenvalue weighted by Gasteiger charge is 2.48. The first-order chi connectivity index (χ1) is 15.9. The van der Waals surface area contributed by atoms with E-state index < -0.39 is 17.2 Å². The van der Waals surface area contributed by atoms with E-state index in [-0.39, 0.29) is 30.2 Å². The van der Waals surface area contributed by atoms with Gasteiger partial charge in [0.05, 0.1) is 35.2 Å². The maximum atomic E-state index is 14.3. The Hall–Kier alpha value is -3.12. The third-order valence-electron chi connectivity index (χ3n) is 7.33. The van der Waals surface area contributed by atoms with Gasteiger partial charge in [0.1, 0.15) is 18.5 Å². The smallest absolute Gasteiger partial charge is 0.248 e. The van der Waals surface area contributed by atoms with Crippen LogP contribution in [0.3, 0.4) is 0 Å². The number of fused-ring (bicyclic) bond motifs is 2. The van der Waals surface area contributed by atoms with E-state index in [1.54, 1.807) is 17.2 Å². The van der Waals surface area contributed by atoms with E-state index in [1.165, 1.54) is 0 Å². The highest BCUT2D eigenvalue weighted by molar-refractivity contribution is 5.78. The average molecular weight is 453 g/mol. The molecule has 3 aliphatic rings. The molecular formula is C24H25F2N5O2. The van der Waals surface area contributed by atoms with E-state index in [4.69, 9.17) is 10.00 Å². The molecule has 3 fully saturated rings. The second-order valence-corrected chi connectivity index (χ2v) is 9.27. The van der Waals surface area contributed by atoms with Crippen molar-refractivity contribution in [1.29, 1.82) is 5.26 Å². The molecule has 7 nitrogen and oxygen atoms in total. The Kier molecular flexibility index (Phi) is 5.49. The van der Waals surface area contributed by atoms with Crippen LogP contribution in [0.4, 0.5) is 14.6 Å². The quantitative estimate of drug-likeness (QED) is 0.692. The van der Waals surface area contributed by atoms with E-state index in [0.29, 0.717) is 37.4 Å². The number of halogens is 2. The fraction of sp³-hybridized carbons (Fsp3) is 0.500. The number of rotatable bonds is 5. The second kappa shape index (κ2) is 8.34. The molecule has 1 saturated carbocycles. The number of hydrogen-bond donors (Lipinski definition) is 0. The first-order valence-corrected chi connectivity index (χ1v) is 11.3. The summed E-state index contributed by atoms with van der Waals surface area (Å²) in [6.45, 7) is 3.02. The molecule has 2 bridgehead atoms. The monoisotopic (exact) mass is 453 g/mol. The molecule has 2 aromatic heterocycles. The van der Waals surface area contributed by atoms with E-state index in [0.717, 1.165) is 31.1 Å². The van der Waals surface area contributed by atoms with Crippen molar-refractivity contribution in [3.63, 3.8) is 0 Å². The summed E-state index contributed by atoms with van der Waals surface area (Å²) in [5.41, 5.74) is -0.716. The lowest BCUT2D eigenvalue weighted by Crippen LogP contribution is -2.57. The predicted molar refractivity (Wildman–Crippen MR) is 115 cm³/mol. The predicted octanol–water partition coefficient (Wildman–Crippen LogP) is 3.15. The molecule has 172 valence electrons. The fourth-order valence-electron chi connectivity index (χ4n) is 5.50. The van der Waals surface area contributed by atoms with Crippen LogP contribution in [-0.2, 0) is 15.1 Å². The van der Waals surface area contributed by atoms with E-state index in [9.17, 15) is 13.6 Å². The molecule has 1 aliphatic carbocycles. The molecule has 0 aromatic carbocycles. The summed E-state index contributed by atoms with van der Waals surface area (Å²) in [4.78, 5) is 25.1. The Morgan fingerprint density at radius 3 is 2.58 bits per heavy atom. The van der Waals surface area contributed by atoms with Gasteiger partial charge in [-0.05, 0) is 43.7 Å². The third-order valence-corrected chi connectivity index (χ3v) is 7.33. The van der Waals surface area contributed by atoms with Gasteiger partial charge in [-0.3, -0.25) is 9.78 Å². The lowest BCUT2D eigenvalue weighted by molar-refractivity contribution is -0.155. The number of amides is 1. The molecule has 2 aromatic rings. The number of ether oxygens (including phenoxy) is 1. The van der Waals surface area contributed by atoms with Gasteiger partial charge in [-0.1, -0.05) is 6.92 Å². The fourth-order valence-corrected chi connectivity index (χ4v) is 5.50. The van der Waals surface area contributed by atoms with E-state index >= 15 is 0 Å². The molecule has 33 heavy (non-hydrogen) atoms. The largest absolute Gasteiger partial charge is 0.360 e. The Bertz CT molecular complexity index is 1080. The van der Waals surface area contributed by atoms with Gasteiger partial charge in [0, 0.05) is 25.3 Å². The van der Waals surface area contributed by atoms with Crippen LogP contribution in [-0.4, -0.2) is 52.6 Å². The van der Waals surface area contributed by atoms with Gasteiger partial charge in [-0.2, -0.15) is 5.26 Å². The number of nitriles is 1. The first kappa shape index (κ1) is 21.7. The summed E-state index contributed by atoms with van der Waals surface area (Å²) in [6, 6.07) is 5.93. The number of anilines is 1. The summed E-state index contributed by atoms with van der Waals surface area (Å²) in [5, 5.41) is 9.02. The minimum absolute atomic E-state index is 0.112. The second-order valence-electron chi connectivity index (χ2n) is 9.27. The highest BCUT2D eigenvalue weighted by Crippen LogP contribution is 2.46. The highest BCUT2D eigenvalue weighted by atomic mass is 19.1. The molecule has 4 heterocycles. The first-order valence-electron chi connectivity index (χ1n) is 11.3. The van der Waals surface area contributed by atoms with Gasteiger partial charge in [-0.15, -0.1) is 0 Å². The van der Waals surface area contributed by atoms with Crippen LogP contribution in [0, 0.1) is 28.9 Å². The van der Waals surface area contributed by atoms with Gasteiger partial charge in [0.2, 0.25) is 5.91 Å². The van der Waals surface area contributed by atoms with Crippen molar-refractivity contribution >= 4 is 11.7 Å². The molecule has 3 atom stereocenters. The van der Waals surface area contributed by atoms with E-state index in [2.05, 4.69) is 27.9 Å². The van der Waals surface area contributed by atoms with E-state index in [1.807, 2.05) is 6.07 Å². The van der Waals surface area contributed by atoms with Gasteiger partial charge in [0.15, 0.2) is 11.6 Å². The Balaban J connectivity index is 1.28. The maximum absolute atomic E-state index is 14.3. The number of nitrogens with zero attached hydrogens (tertiary/aromatic N) is 5. The molecule has 0 spiro atoms. The van der Waals surface area contributed by atoms with Crippen LogP contribution < -0.4 is 4.90 Å². The number of likely N-dealkylation sites (tertiary alicyclic amines) is 1. The molecule has 5 rings (SSSR count). The summed E-state index contributed by atoms with van der Waals surface area (Å²) < 4.78 is 34.6. The van der Waals surface area contributed by atoms with Crippen molar-refractivity contribution in [1.82, 2.24) is 14.9 Å².